The molecular weight excluding hydrogens is 288 g/mol. The van der Waals surface area contributed by atoms with Crippen molar-refractivity contribution in [2.24, 2.45) is 0 Å². The highest BCUT2D eigenvalue weighted by Gasteiger charge is 2.10. The molecule has 0 aliphatic rings. The number of hydrogen-bond donors (Lipinski definition) is 2. The van der Waals surface area contributed by atoms with E-state index in [-0.39, 0.29) is 22.8 Å². The van der Waals surface area contributed by atoms with Crippen LogP contribution in [0.1, 0.15) is 5.56 Å². The van der Waals surface area contributed by atoms with Crippen molar-refractivity contribution in [3.63, 3.8) is 0 Å². The third-order valence-corrected chi connectivity index (χ3v) is 2.92. The number of amides is 1. The third-order valence-electron chi connectivity index (χ3n) is 2.60. The molecule has 1 amide bonds. The first-order valence-corrected chi connectivity index (χ1v) is 6.06. The summed E-state index contributed by atoms with van der Waals surface area (Å²) < 4.78 is 26.1. The molecule has 104 valence electrons. The molecule has 0 aliphatic carbocycles. The van der Waals surface area contributed by atoms with Crippen molar-refractivity contribution >= 4 is 23.2 Å². The average molecular weight is 298 g/mol. The third kappa shape index (κ3) is 3.45. The van der Waals surface area contributed by atoms with E-state index in [2.05, 4.69) is 5.32 Å². The van der Waals surface area contributed by atoms with Gasteiger partial charge in [0.15, 0.2) is 0 Å². The van der Waals surface area contributed by atoms with E-state index in [0.29, 0.717) is 5.69 Å². The van der Waals surface area contributed by atoms with E-state index < -0.39 is 17.5 Å². The summed E-state index contributed by atoms with van der Waals surface area (Å²) >= 11 is 5.63. The quantitative estimate of drug-likeness (QED) is 0.911. The first kappa shape index (κ1) is 14.3. The number of aromatic hydroxyl groups is 1. The Kier molecular flexibility index (Phi) is 4.20. The maximum atomic E-state index is 13.4. The minimum absolute atomic E-state index is 0.0853. The molecule has 6 heteroatoms. The van der Waals surface area contributed by atoms with Crippen molar-refractivity contribution < 1.29 is 18.7 Å². The molecule has 0 saturated heterocycles. The first-order valence-electron chi connectivity index (χ1n) is 5.68. The maximum absolute atomic E-state index is 13.4. The van der Waals surface area contributed by atoms with Crippen molar-refractivity contribution in [1.82, 2.24) is 0 Å². The van der Waals surface area contributed by atoms with Crippen LogP contribution in [0.3, 0.4) is 0 Å². The maximum Gasteiger partial charge on any atom is 0.228 e. The number of halogens is 3. The largest absolute Gasteiger partial charge is 0.506 e. The Morgan fingerprint density at radius 1 is 1.20 bits per heavy atom. The van der Waals surface area contributed by atoms with Crippen LogP contribution in [0.5, 0.6) is 5.75 Å². The molecule has 0 saturated carbocycles. The molecule has 2 rings (SSSR count). The first-order chi connectivity index (χ1) is 9.45. The van der Waals surface area contributed by atoms with Gasteiger partial charge in [-0.3, -0.25) is 4.79 Å². The van der Waals surface area contributed by atoms with Gasteiger partial charge < -0.3 is 10.4 Å². The van der Waals surface area contributed by atoms with Gasteiger partial charge in [-0.15, -0.1) is 0 Å². The van der Waals surface area contributed by atoms with Gasteiger partial charge in [-0.1, -0.05) is 17.7 Å². The molecular formula is C14H10ClF2NO2. The number of phenolic OH excluding ortho intramolecular Hbond substituents is 1. The Hall–Kier alpha value is -2.14. The molecule has 0 radical (unpaired) electrons. The number of carbonyl (C=O) groups excluding carboxylic acids is 1. The van der Waals surface area contributed by atoms with Gasteiger partial charge in [0, 0.05) is 17.8 Å². The van der Waals surface area contributed by atoms with Crippen molar-refractivity contribution in [2.75, 3.05) is 5.32 Å². The molecule has 20 heavy (non-hydrogen) atoms. The summed E-state index contributed by atoms with van der Waals surface area (Å²) in [5.74, 6) is -2.14. The van der Waals surface area contributed by atoms with E-state index >= 15 is 0 Å². The monoisotopic (exact) mass is 297 g/mol. The van der Waals surface area contributed by atoms with Gasteiger partial charge in [0.05, 0.1) is 11.4 Å². The van der Waals surface area contributed by atoms with Gasteiger partial charge in [0.25, 0.3) is 0 Å². The van der Waals surface area contributed by atoms with Crippen LogP contribution in [0.25, 0.3) is 0 Å². The van der Waals surface area contributed by atoms with E-state index in [1.165, 1.54) is 24.3 Å². The van der Waals surface area contributed by atoms with Gasteiger partial charge in [-0.05, 0) is 23.8 Å². The lowest BCUT2D eigenvalue weighted by Gasteiger charge is -2.07. The molecule has 3 nitrogen and oxygen atoms in total. The minimum atomic E-state index is -0.779. The van der Waals surface area contributed by atoms with Crippen LogP contribution in [0.4, 0.5) is 14.5 Å². The second-order valence-corrected chi connectivity index (χ2v) is 4.53. The van der Waals surface area contributed by atoms with Crippen LogP contribution < -0.4 is 5.32 Å². The summed E-state index contributed by atoms with van der Waals surface area (Å²) in [6, 6.07) is 7.22. The van der Waals surface area contributed by atoms with Crippen LogP contribution in [-0.4, -0.2) is 11.0 Å². The highest BCUT2D eigenvalue weighted by molar-refractivity contribution is 6.32. The molecule has 2 N–H and O–H groups in total. The number of hydrogen-bond acceptors (Lipinski definition) is 2. The smallest absolute Gasteiger partial charge is 0.228 e. The summed E-state index contributed by atoms with van der Waals surface area (Å²) in [7, 11) is 0. The fraction of sp³-hybridized carbons (Fsp3) is 0.0714. The fourth-order valence-corrected chi connectivity index (χ4v) is 1.75. The Morgan fingerprint density at radius 3 is 2.60 bits per heavy atom. The molecule has 0 spiro atoms. The van der Waals surface area contributed by atoms with E-state index in [4.69, 9.17) is 11.6 Å². The van der Waals surface area contributed by atoms with Crippen LogP contribution in [0.15, 0.2) is 36.4 Å². The zero-order valence-corrected chi connectivity index (χ0v) is 10.9. The summed E-state index contributed by atoms with van der Waals surface area (Å²) in [5, 5.41) is 12.0. The van der Waals surface area contributed by atoms with Crippen LogP contribution in [0, 0.1) is 11.6 Å². The second-order valence-electron chi connectivity index (χ2n) is 4.13. The number of carbonyl (C=O) groups is 1. The van der Waals surface area contributed by atoms with E-state index in [9.17, 15) is 18.7 Å². The average Bonchev–Trinajstić information content (AvgIpc) is 2.37. The molecule has 0 fully saturated rings. The lowest BCUT2D eigenvalue weighted by Crippen LogP contribution is -2.15. The lowest BCUT2D eigenvalue weighted by atomic mass is 10.1. The highest BCUT2D eigenvalue weighted by Crippen LogP contribution is 2.26. The molecule has 0 heterocycles. The fourth-order valence-electron chi connectivity index (χ4n) is 1.63. The minimum Gasteiger partial charge on any atom is -0.506 e. The van der Waals surface area contributed by atoms with Crippen LogP contribution >= 0.6 is 11.6 Å². The van der Waals surface area contributed by atoms with Gasteiger partial charge in [0.2, 0.25) is 5.91 Å². The number of nitrogens with one attached hydrogen (secondary N) is 1. The topological polar surface area (TPSA) is 49.3 Å². The van der Waals surface area contributed by atoms with Crippen LogP contribution in [-0.2, 0) is 11.2 Å². The van der Waals surface area contributed by atoms with Gasteiger partial charge in [-0.25, -0.2) is 8.78 Å². The van der Waals surface area contributed by atoms with Crippen molar-refractivity contribution in [3.05, 3.63) is 58.6 Å². The Balaban J connectivity index is 2.07. The van der Waals surface area contributed by atoms with Gasteiger partial charge >= 0.3 is 0 Å². The molecule has 0 aliphatic heterocycles. The lowest BCUT2D eigenvalue weighted by molar-refractivity contribution is -0.115. The van der Waals surface area contributed by atoms with Crippen molar-refractivity contribution in [1.29, 1.82) is 0 Å². The second kappa shape index (κ2) is 5.88. The van der Waals surface area contributed by atoms with E-state index in [1.54, 1.807) is 0 Å². The molecule has 2 aromatic rings. The normalized spacial score (nSPS) is 10.3. The van der Waals surface area contributed by atoms with Crippen molar-refractivity contribution in [2.45, 2.75) is 6.42 Å². The zero-order valence-electron chi connectivity index (χ0n) is 10.2. The Labute approximate surface area is 118 Å². The molecule has 2 aromatic carbocycles. The molecule has 0 aromatic heterocycles. The predicted octanol–water partition coefficient (Wildman–Crippen LogP) is 3.51. The standard InChI is InChI=1S/C14H10ClF2NO2/c15-11-4-3-10(7-13(11)19)18-14(20)5-8-1-2-9(16)6-12(8)17/h1-4,6-7,19H,5H2,(H,18,20). The van der Waals surface area contributed by atoms with E-state index in [1.807, 2.05) is 0 Å². The molecule has 0 bridgehead atoms. The van der Waals surface area contributed by atoms with Gasteiger partial charge in [-0.2, -0.15) is 0 Å². The number of rotatable bonds is 3. The predicted molar refractivity (Wildman–Crippen MR) is 71.8 cm³/mol. The summed E-state index contributed by atoms with van der Waals surface area (Å²) in [6.45, 7) is 0. The Morgan fingerprint density at radius 2 is 1.95 bits per heavy atom. The zero-order chi connectivity index (χ0) is 14.7. The summed E-state index contributed by atoms with van der Waals surface area (Å²) in [6.07, 6.45) is -0.241. The van der Waals surface area contributed by atoms with Gasteiger partial charge in [0.1, 0.15) is 17.4 Å². The molecule has 0 unspecified atom stereocenters. The molecule has 0 atom stereocenters. The highest BCUT2D eigenvalue weighted by atomic mass is 35.5. The van der Waals surface area contributed by atoms with E-state index in [0.717, 1.165) is 12.1 Å². The number of benzene rings is 2. The summed E-state index contributed by atoms with van der Waals surface area (Å²) in [5.41, 5.74) is 0.418. The number of phenols is 1. The summed E-state index contributed by atoms with van der Waals surface area (Å²) in [4.78, 5) is 11.7. The van der Waals surface area contributed by atoms with Crippen LogP contribution in [0.2, 0.25) is 5.02 Å². The number of anilines is 1. The Bertz CT molecular complexity index is 662. The van der Waals surface area contributed by atoms with Crippen molar-refractivity contribution in [3.8, 4) is 5.75 Å². The SMILES string of the molecule is O=C(Cc1ccc(F)cc1F)Nc1ccc(Cl)c(O)c1.